The van der Waals surface area contributed by atoms with Gasteiger partial charge in [-0.3, -0.25) is 4.79 Å². The molecule has 0 aliphatic carbocycles. The van der Waals surface area contributed by atoms with Crippen molar-refractivity contribution in [1.29, 1.82) is 0 Å². The zero-order valence-corrected chi connectivity index (χ0v) is 11.9. The molecule has 0 bridgehead atoms. The molecule has 0 aliphatic heterocycles. The maximum absolute atomic E-state index is 13.1. The highest BCUT2D eigenvalue weighted by atomic mass is 19.1. The van der Waals surface area contributed by atoms with E-state index in [2.05, 4.69) is 16.0 Å². The Kier molecular flexibility index (Phi) is 5.96. The summed E-state index contributed by atoms with van der Waals surface area (Å²) in [4.78, 5) is 23.0. The fourth-order valence-corrected chi connectivity index (χ4v) is 1.44. The molecule has 1 aromatic rings. The standard InChI is InChI=1S/C14H20FN3O2/c1-9(2)7-16-13(19)8-17-14(20)18-11-4-5-12(15)10(3)6-11/h4-6,9H,7-8H2,1-3H3,(H,16,19)(H2,17,18,20). The highest BCUT2D eigenvalue weighted by molar-refractivity contribution is 5.92. The van der Waals surface area contributed by atoms with Crippen molar-refractivity contribution in [3.63, 3.8) is 0 Å². The molecule has 110 valence electrons. The Morgan fingerprint density at radius 2 is 1.95 bits per heavy atom. The monoisotopic (exact) mass is 281 g/mol. The fourth-order valence-electron chi connectivity index (χ4n) is 1.44. The molecule has 6 heteroatoms. The van der Waals surface area contributed by atoms with Crippen LogP contribution in [0.2, 0.25) is 0 Å². The third-order valence-electron chi connectivity index (χ3n) is 2.53. The number of amides is 3. The van der Waals surface area contributed by atoms with Gasteiger partial charge in [-0.2, -0.15) is 0 Å². The van der Waals surface area contributed by atoms with E-state index in [1.807, 2.05) is 13.8 Å². The topological polar surface area (TPSA) is 70.2 Å². The van der Waals surface area contributed by atoms with Crippen molar-refractivity contribution >= 4 is 17.6 Å². The molecule has 5 nitrogen and oxygen atoms in total. The van der Waals surface area contributed by atoms with Crippen LogP contribution in [-0.4, -0.2) is 25.0 Å². The summed E-state index contributed by atoms with van der Waals surface area (Å²) in [5.41, 5.74) is 0.918. The van der Waals surface area contributed by atoms with Gasteiger partial charge in [-0.25, -0.2) is 9.18 Å². The molecule has 1 rings (SSSR count). The molecule has 20 heavy (non-hydrogen) atoms. The second-order valence-electron chi connectivity index (χ2n) is 4.97. The fraction of sp³-hybridized carbons (Fsp3) is 0.429. The number of urea groups is 1. The Labute approximate surface area is 117 Å². The van der Waals surface area contributed by atoms with Gasteiger partial charge in [-0.15, -0.1) is 0 Å². The molecule has 0 unspecified atom stereocenters. The van der Waals surface area contributed by atoms with Crippen LogP contribution < -0.4 is 16.0 Å². The van der Waals surface area contributed by atoms with E-state index in [0.717, 1.165) is 0 Å². The summed E-state index contributed by atoms with van der Waals surface area (Å²) >= 11 is 0. The van der Waals surface area contributed by atoms with Gasteiger partial charge in [0.15, 0.2) is 0 Å². The zero-order valence-electron chi connectivity index (χ0n) is 11.9. The van der Waals surface area contributed by atoms with Crippen LogP contribution in [-0.2, 0) is 4.79 Å². The van der Waals surface area contributed by atoms with Gasteiger partial charge < -0.3 is 16.0 Å². The lowest BCUT2D eigenvalue weighted by molar-refractivity contribution is -0.120. The van der Waals surface area contributed by atoms with Crippen molar-refractivity contribution in [2.24, 2.45) is 5.92 Å². The van der Waals surface area contributed by atoms with Gasteiger partial charge in [0.05, 0.1) is 6.54 Å². The molecule has 0 saturated carbocycles. The van der Waals surface area contributed by atoms with Gasteiger partial charge in [0.1, 0.15) is 5.82 Å². The normalized spacial score (nSPS) is 10.2. The Morgan fingerprint density at radius 3 is 2.55 bits per heavy atom. The van der Waals surface area contributed by atoms with E-state index in [0.29, 0.717) is 23.7 Å². The first kappa shape index (κ1) is 15.9. The van der Waals surface area contributed by atoms with Gasteiger partial charge in [0, 0.05) is 12.2 Å². The number of hydrogen-bond acceptors (Lipinski definition) is 2. The molecule has 0 atom stereocenters. The lowest BCUT2D eigenvalue weighted by Gasteiger charge is -2.10. The van der Waals surface area contributed by atoms with Gasteiger partial charge in [0.2, 0.25) is 5.91 Å². The minimum Gasteiger partial charge on any atom is -0.354 e. The highest BCUT2D eigenvalue weighted by Crippen LogP contribution is 2.13. The van der Waals surface area contributed by atoms with Gasteiger partial charge >= 0.3 is 6.03 Å². The summed E-state index contributed by atoms with van der Waals surface area (Å²) < 4.78 is 13.1. The highest BCUT2D eigenvalue weighted by Gasteiger charge is 2.07. The van der Waals surface area contributed by atoms with Crippen LogP contribution in [0.1, 0.15) is 19.4 Å². The van der Waals surface area contributed by atoms with Crippen molar-refractivity contribution in [3.8, 4) is 0 Å². The van der Waals surface area contributed by atoms with Crippen LogP contribution >= 0.6 is 0 Å². The van der Waals surface area contributed by atoms with Gasteiger partial charge in [-0.05, 0) is 36.6 Å². The van der Waals surface area contributed by atoms with E-state index >= 15 is 0 Å². The van der Waals surface area contributed by atoms with Crippen molar-refractivity contribution in [1.82, 2.24) is 10.6 Å². The number of anilines is 1. The third kappa shape index (κ3) is 5.69. The van der Waals surface area contributed by atoms with Crippen molar-refractivity contribution in [3.05, 3.63) is 29.6 Å². The first-order valence-electron chi connectivity index (χ1n) is 6.46. The largest absolute Gasteiger partial charge is 0.354 e. The molecule has 0 radical (unpaired) electrons. The molecule has 0 spiro atoms. The molecule has 3 amide bonds. The smallest absolute Gasteiger partial charge is 0.319 e. The maximum atomic E-state index is 13.1. The van der Waals surface area contributed by atoms with E-state index < -0.39 is 6.03 Å². The molecular weight excluding hydrogens is 261 g/mol. The predicted molar refractivity (Wildman–Crippen MR) is 76.0 cm³/mol. The number of nitrogens with one attached hydrogen (secondary N) is 3. The molecule has 0 aliphatic rings. The first-order valence-corrected chi connectivity index (χ1v) is 6.46. The van der Waals surface area contributed by atoms with Crippen molar-refractivity contribution in [2.75, 3.05) is 18.4 Å². The second-order valence-corrected chi connectivity index (χ2v) is 4.97. The van der Waals surface area contributed by atoms with E-state index in [9.17, 15) is 14.0 Å². The number of carbonyl (C=O) groups is 2. The number of benzene rings is 1. The van der Waals surface area contributed by atoms with E-state index in [-0.39, 0.29) is 18.3 Å². The summed E-state index contributed by atoms with van der Waals surface area (Å²) in [6, 6.07) is 3.75. The molecule has 0 fully saturated rings. The van der Waals surface area contributed by atoms with Crippen LogP contribution in [0, 0.1) is 18.7 Å². The number of aryl methyl sites for hydroxylation is 1. The number of hydrogen-bond donors (Lipinski definition) is 3. The summed E-state index contributed by atoms with van der Waals surface area (Å²) in [6.45, 7) is 6.05. The zero-order chi connectivity index (χ0) is 15.1. The van der Waals surface area contributed by atoms with E-state index in [1.165, 1.54) is 18.2 Å². The Balaban J connectivity index is 2.36. The van der Waals surface area contributed by atoms with Gasteiger partial charge in [0.25, 0.3) is 0 Å². The predicted octanol–water partition coefficient (Wildman–Crippen LogP) is 2.03. The summed E-state index contributed by atoms with van der Waals surface area (Å²) in [7, 11) is 0. The Hall–Kier alpha value is -2.11. The Bertz CT molecular complexity index is 489. The number of rotatable bonds is 5. The number of carbonyl (C=O) groups excluding carboxylic acids is 2. The maximum Gasteiger partial charge on any atom is 0.319 e. The van der Waals surface area contributed by atoms with Crippen molar-refractivity contribution < 1.29 is 14.0 Å². The molecule has 0 heterocycles. The lowest BCUT2D eigenvalue weighted by atomic mass is 10.2. The van der Waals surface area contributed by atoms with Crippen LogP contribution in [0.3, 0.4) is 0 Å². The third-order valence-corrected chi connectivity index (χ3v) is 2.53. The first-order chi connectivity index (χ1) is 9.38. The minimum atomic E-state index is -0.504. The molecule has 0 saturated heterocycles. The van der Waals surface area contributed by atoms with Crippen molar-refractivity contribution in [2.45, 2.75) is 20.8 Å². The van der Waals surface area contributed by atoms with Crippen LogP contribution in [0.15, 0.2) is 18.2 Å². The minimum absolute atomic E-state index is 0.0985. The molecule has 0 aromatic heterocycles. The number of halogens is 1. The molecule has 3 N–H and O–H groups in total. The van der Waals surface area contributed by atoms with Gasteiger partial charge in [-0.1, -0.05) is 13.8 Å². The summed E-state index contributed by atoms with van der Waals surface area (Å²) in [5.74, 6) is -0.219. The Morgan fingerprint density at radius 1 is 1.25 bits per heavy atom. The van der Waals surface area contributed by atoms with E-state index in [1.54, 1.807) is 6.92 Å². The second kappa shape index (κ2) is 7.47. The lowest BCUT2D eigenvalue weighted by Crippen LogP contribution is -2.40. The van der Waals surface area contributed by atoms with Crippen LogP contribution in [0.25, 0.3) is 0 Å². The van der Waals surface area contributed by atoms with Crippen LogP contribution in [0.5, 0.6) is 0 Å². The SMILES string of the molecule is Cc1cc(NC(=O)NCC(=O)NCC(C)C)ccc1F. The average Bonchev–Trinajstić information content (AvgIpc) is 2.38. The van der Waals surface area contributed by atoms with E-state index in [4.69, 9.17) is 0 Å². The quantitative estimate of drug-likeness (QED) is 0.773. The summed E-state index contributed by atoms with van der Waals surface area (Å²) in [5, 5.41) is 7.65. The van der Waals surface area contributed by atoms with Crippen LogP contribution in [0.4, 0.5) is 14.9 Å². The molecular formula is C14H20FN3O2. The average molecular weight is 281 g/mol. The molecule has 1 aromatic carbocycles. The summed E-state index contributed by atoms with van der Waals surface area (Å²) in [6.07, 6.45) is 0.